The molecule has 0 saturated carbocycles. The Morgan fingerprint density at radius 3 is 2.69 bits per heavy atom. The average molecular weight is 472 g/mol. The first-order chi connectivity index (χ1) is 15.1. The summed E-state index contributed by atoms with van der Waals surface area (Å²) in [5.41, 5.74) is 5.61. The number of rotatable bonds is 7. The monoisotopic (exact) mass is 472 g/mol. The molecule has 3 rings (SSSR count). The molecule has 1 saturated heterocycles. The van der Waals surface area contributed by atoms with Crippen molar-refractivity contribution in [1.29, 1.82) is 0 Å². The summed E-state index contributed by atoms with van der Waals surface area (Å²) in [5.74, 6) is -1.80. The van der Waals surface area contributed by atoms with Gasteiger partial charge < -0.3 is 10.5 Å². The zero-order valence-electron chi connectivity index (χ0n) is 16.9. The van der Waals surface area contributed by atoms with E-state index in [4.69, 9.17) is 5.73 Å². The van der Waals surface area contributed by atoms with Crippen molar-refractivity contribution in [1.82, 2.24) is 9.97 Å². The van der Waals surface area contributed by atoms with Gasteiger partial charge in [0.1, 0.15) is 22.6 Å². The molecule has 2 atom stereocenters. The van der Waals surface area contributed by atoms with Crippen molar-refractivity contribution in [2.75, 3.05) is 13.7 Å². The predicted molar refractivity (Wildman–Crippen MR) is 111 cm³/mol. The fourth-order valence-electron chi connectivity index (χ4n) is 3.40. The second-order valence-corrected chi connectivity index (χ2v) is 9.32. The Morgan fingerprint density at radius 1 is 1.31 bits per heavy atom. The van der Waals surface area contributed by atoms with Crippen LogP contribution in [0.15, 0.2) is 35.6 Å². The molecule has 0 amide bonds. The van der Waals surface area contributed by atoms with Crippen LogP contribution in [-0.4, -0.2) is 49.6 Å². The van der Waals surface area contributed by atoms with Crippen LogP contribution in [0.25, 0.3) is 11.9 Å². The van der Waals surface area contributed by atoms with Crippen LogP contribution in [0.3, 0.4) is 0 Å². The van der Waals surface area contributed by atoms with Crippen molar-refractivity contribution in [3.05, 3.63) is 53.2 Å². The van der Waals surface area contributed by atoms with Crippen LogP contribution in [0, 0.1) is 5.82 Å². The molecule has 1 aliphatic heterocycles. The normalized spacial score (nSPS) is 21.2. The third-order valence-electron chi connectivity index (χ3n) is 4.96. The summed E-state index contributed by atoms with van der Waals surface area (Å²) in [5, 5.41) is -2.12. The number of ether oxygens (including phenoxy) is 1. The molecule has 1 aromatic carbocycles. The van der Waals surface area contributed by atoms with Gasteiger partial charge >= 0.3 is 0 Å². The molecule has 0 spiro atoms. The Labute approximate surface area is 182 Å². The maximum atomic E-state index is 14.6. The van der Waals surface area contributed by atoms with Gasteiger partial charge in [-0.15, -0.1) is 0 Å². The Balaban J connectivity index is 1.85. The molecule has 2 aromatic rings. The van der Waals surface area contributed by atoms with Gasteiger partial charge in [-0.3, -0.25) is 4.99 Å². The number of aromatic nitrogens is 2. The summed E-state index contributed by atoms with van der Waals surface area (Å²) in [7, 11) is -2.45. The number of nitrogens with zero attached hydrogens (tertiary/aromatic N) is 3. The first-order valence-electron chi connectivity index (χ1n) is 9.48. The van der Waals surface area contributed by atoms with E-state index in [0.717, 1.165) is 24.5 Å². The van der Waals surface area contributed by atoms with Gasteiger partial charge in [-0.1, -0.05) is 6.07 Å². The highest BCUT2D eigenvalue weighted by atomic mass is 32.2. The van der Waals surface area contributed by atoms with E-state index in [1.54, 1.807) is 0 Å². The van der Waals surface area contributed by atoms with E-state index in [1.165, 1.54) is 19.2 Å². The van der Waals surface area contributed by atoms with Crippen LogP contribution in [0.4, 0.5) is 17.6 Å². The fraction of sp³-hybridized carbons (Fsp3) is 0.350. The Hall–Kier alpha value is -3.02. The highest BCUT2D eigenvalue weighted by molar-refractivity contribution is 7.93. The number of aliphatic imine (C=N–C) groups is 1. The molecule has 2 heterocycles. The minimum Gasteiger partial charge on any atom is -0.470 e. The zero-order chi connectivity index (χ0) is 23.5. The Bertz CT molecular complexity index is 1140. The maximum absolute atomic E-state index is 14.6. The summed E-state index contributed by atoms with van der Waals surface area (Å²) in [6.07, 6.45) is 0.696. The van der Waals surface area contributed by atoms with Crippen LogP contribution >= 0.6 is 0 Å². The molecular weight excluding hydrogens is 452 g/mol. The molecular formula is C20H20F4N4O3S. The van der Waals surface area contributed by atoms with Gasteiger partial charge in [0.15, 0.2) is 22.3 Å². The third-order valence-corrected chi connectivity index (χ3v) is 7.52. The van der Waals surface area contributed by atoms with Crippen LogP contribution in [0.2, 0.25) is 0 Å². The van der Waals surface area contributed by atoms with Crippen molar-refractivity contribution >= 4 is 27.6 Å². The lowest BCUT2D eigenvalue weighted by atomic mass is 10.0. The van der Waals surface area contributed by atoms with E-state index < -0.39 is 45.0 Å². The van der Waals surface area contributed by atoms with Gasteiger partial charge in [-0.05, 0) is 36.6 Å². The molecule has 1 aliphatic rings. The van der Waals surface area contributed by atoms with Gasteiger partial charge in [0.2, 0.25) is 5.88 Å². The lowest BCUT2D eigenvalue weighted by Crippen LogP contribution is -2.33. The summed E-state index contributed by atoms with van der Waals surface area (Å²) in [6.45, 7) is -0.870. The zero-order valence-corrected chi connectivity index (χ0v) is 17.7. The molecule has 2 unspecified atom stereocenters. The number of alkyl halides is 2. The smallest absolute Gasteiger partial charge is 0.272 e. The minimum absolute atomic E-state index is 0.0328. The SMILES string of the molecule is CN=C(N)C1CCC(c2cc(/C=C(\F)c3cnc(OCC(F)F)cn3)ccc2F)S1(=O)=O. The number of hydrogen-bond donors (Lipinski definition) is 1. The topological polar surface area (TPSA) is 108 Å². The van der Waals surface area contributed by atoms with Gasteiger partial charge in [0.25, 0.3) is 6.43 Å². The molecule has 0 aliphatic carbocycles. The maximum Gasteiger partial charge on any atom is 0.272 e. The first kappa shape index (κ1) is 23.6. The summed E-state index contributed by atoms with van der Waals surface area (Å²) < 4.78 is 83.7. The number of hydrogen-bond acceptors (Lipinski definition) is 6. The molecule has 2 N–H and O–H groups in total. The van der Waals surface area contributed by atoms with Crippen LogP contribution in [-0.2, 0) is 9.84 Å². The van der Waals surface area contributed by atoms with Crippen LogP contribution < -0.4 is 10.5 Å². The standard InChI is InChI=1S/C20H20F4N4O3S/c1-26-20(25)17-5-4-16(32(17,29)30)12-6-11(2-3-13(12)21)7-14(22)15-8-28-19(9-27-15)31-10-18(23)24/h2-3,6-9,16-18H,4-5,10H2,1H3,(H2,25,26)/b14-7-. The van der Waals surface area contributed by atoms with Crippen LogP contribution in [0.5, 0.6) is 5.88 Å². The second kappa shape index (κ2) is 9.63. The Kier molecular flexibility index (Phi) is 7.12. The lowest BCUT2D eigenvalue weighted by molar-refractivity contribution is 0.0793. The van der Waals surface area contributed by atoms with E-state index in [1.807, 2.05) is 0 Å². The molecule has 1 fully saturated rings. The van der Waals surface area contributed by atoms with Gasteiger partial charge in [-0.25, -0.2) is 35.9 Å². The quantitative estimate of drug-likeness (QED) is 0.376. The number of nitrogens with two attached hydrogens (primary N) is 1. The molecule has 12 heteroatoms. The number of benzene rings is 1. The van der Waals surface area contributed by atoms with Crippen molar-refractivity contribution < 1.29 is 30.7 Å². The molecule has 1 aromatic heterocycles. The average Bonchev–Trinajstić information content (AvgIpc) is 3.07. The third kappa shape index (κ3) is 5.06. The van der Waals surface area contributed by atoms with Gasteiger partial charge in [0, 0.05) is 12.6 Å². The lowest BCUT2D eigenvalue weighted by Gasteiger charge is -2.15. The van der Waals surface area contributed by atoms with E-state index in [0.29, 0.717) is 0 Å². The van der Waals surface area contributed by atoms with Crippen molar-refractivity contribution in [2.45, 2.75) is 29.8 Å². The van der Waals surface area contributed by atoms with E-state index in [-0.39, 0.29) is 41.4 Å². The highest BCUT2D eigenvalue weighted by Gasteiger charge is 2.44. The minimum atomic E-state index is -3.83. The van der Waals surface area contributed by atoms with E-state index in [9.17, 15) is 26.0 Å². The van der Waals surface area contributed by atoms with E-state index in [2.05, 4.69) is 19.7 Å². The van der Waals surface area contributed by atoms with E-state index >= 15 is 0 Å². The van der Waals surface area contributed by atoms with Crippen molar-refractivity contribution in [3.63, 3.8) is 0 Å². The Morgan fingerprint density at radius 2 is 2.06 bits per heavy atom. The number of sulfone groups is 1. The predicted octanol–water partition coefficient (Wildman–Crippen LogP) is 3.33. The summed E-state index contributed by atoms with van der Waals surface area (Å²) in [6, 6.07) is 3.60. The van der Waals surface area contributed by atoms with Crippen molar-refractivity contribution in [3.8, 4) is 5.88 Å². The largest absolute Gasteiger partial charge is 0.470 e. The molecule has 0 radical (unpaired) electrons. The van der Waals surface area contributed by atoms with Crippen molar-refractivity contribution in [2.24, 2.45) is 10.7 Å². The molecule has 172 valence electrons. The first-order valence-corrected chi connectivity index (χ1v) is 11.1. The summed E-state index contributed by atoms with van der Waals surface area (Å²) in [4.78, 5) is 11.2. The second-order valence-electron chi connectivity index (χ2n) is 7.01. The van der Waals surface area contributed by atoms with Gasteiger partial charge in [-0.2, -0.15) is 0 Å². The summed E-state index contributed by atoms with van der Waals surface area (Å²) >= 11 is 0. The molecule has 32 heavy (non-hydrogen) atoms. The van der Waals surface area contributed by atoms with Gasteiger partial charge in [0.05, 0.1) is 17.6 Å². The molecule has 7 nitrogen and oxygen atoms in total. The fourth-order valence-corrected chi connectivity index (χ4v) is 5.71. The van der Waals surface area contributed by atoms with Crippen LogP contribution in [0.1, 0.15) is 34.9 Å². The molecule has 0 bridgehead atoms. The number of amidine groups is 1. The number of halogens is 4. The highest BCUT2D eigenvalue weighted by Crippen LogP contribution is 2.40.